The van der Waals surface area contributed by atoms with Crippen LogP contribution in [0.4, 0.5) is 0 Å². The fraction of sp³-hybridized carbons (Fsp3) is 0.533. The van der Waals surface area contributed by atoms with Crippen molar-refractivity contribution in [2.75, 3.05) is 19.3 Å². The van der Waals surface area contributed by atoms with Crippen molar-refractivity contribution in [1.82, 2.24) is 9.21 Å². The predicted molar refractivity (Wildman–Crippen MR) is 83.9 cm³/mol. The Balaban J connectivity index is 2.18. The molecule has 22 heavy (non-hydrogen) atoms. The Morgan fingerprint density at radius 2 is 1.91 bits per heavy atom. The van der Waals surface area contributed by atoms with Gasteiger partial charge in [0.05, 0.1) is 12.7 Å². The van der Waals surface area contributed by atoms with Crippen molar-refractivity contribution in [3.05, 3.63) is 35.9 Å². The minimum Gasteiger partial charge on any atom is -0.481 e. The van der Waals surface area contributed by atoms with Crippen LogP contribution in [0.2, 0.25) is 0 Å². The molecule has 2 atom stereocenters. The van der Waals surface area contributed by atoms with Gasteiger partial charge in [0.25, 0.3) is 0 Å². The van der Waals surface area contributed by atoms with E-state index >= 15 is 0 Å². The standard InChI is InChI=1S/C15H22N2O4S/c1-12-9-16(10-13-6-4-3-5-7-13)14(8-15(18)19)11-17(12)22(2,20)21/h3-7,12,14H,8-11H2,1-2H3,(H,18,19). The second-order valence-corrected chi connectivity index (χ2v) is 7.78. The first-order valence-corrected chi connectivity index (χ1v) is 9.09. The van der Waals surface area contributed by atoms with Gasteiger partial charge in [-0.15, -0.1) is 0 Å². The van der Waals surface area contributed by atoms with Gasteiger partial charge in [-0.3, -0.25) is 9.69 Å². The molecular formula is C15H22N2O4S. The van der Waals surface area contributed by atoms with Crippen molar-refractivity contribution >= 4 is 16.0 Å². The van der Waals surface area contributed by atoms with Crippen LogP contribution >= 0.6 is 0 Å². The number of carboxylic acids is 1. The van der Waals surface area contributed by atoms with Crippen LogP contribution in [-0.2, 0) is 21.4 Å². The van der Waals surface area contributed by atoms with Crippen molar-refractivity contribution in [2.45, 2.75) is 32.0 Å². The van der Waals surface area contributed by atoms with Crippen molar-refractivity contribution < 1.29 is 18.3 Å². The maximum absolute atomic E-state index is 11.9. The van der Waals surface area contributed by atoms with Crippen molar-refractivity contribution in [3.8, 4) is 0 Å². The van der Waals surface area contributed by atoms with Crippen LogP contribution in [0, 0.1) is 0 Å². The molecule has 1 aromatic carbocycles. The van der Waals surface area contributed by atoms with Gasteiger partial charge in [0.1, 0.15) is 0 Å². The molecule has 122 valence electrons. The summed E-state index contributed by atoms with van der Waals surface area (Å²) in [6.07, 6.45) is 1.11. The maximum atomic E-state index is 11.9. The first-order valence-electron chi connectivity index (χ1n) is 7.24. The molecule has 0 radical (unpaired) electrons. The van der Waals surface area contributed by atoms with Crippen LogP contribution in [0.1, 0.15) is 18.9 Å². The summed E-state index contributed by atoms with van der Waals surface area (Å²) in [6, 6.07) is 9.32. The molecule has 1 N–H and O–H groups in total. The Labute approximate surface area is 131 Å². The van der Waals surface area contributed by atoms with Gasteiger partial charge in [-0.25, -0.2) is 8.42 Å². The number of hydrogen-bond acceptors (Lipinski definition) is 4. The van der Waals surface area contributed by atoms with E-state index in [4.69, 9.17) is 5.11 Å². The lowest BCUT2D eigenvalue weighted by Crippen LogP contribution is -2.58. The number of aliphatic carboxylic acids is 1. The smallest absolute Gasteiger partial charge is 0.304 e. The van der Waals surface area contributed by atoms with E-state index in [1.165, 1.54) is 10.6 Å². The number of piperazine rings is 1. The summed E-state index contributed by atoms with van der Waals surface area (Å²) in [5.74, 6) is -0.911. The Bertz CT molecular complexity index is 618. The molecule has 1 aliphatic rings. The van der Waals surface area contributed by atoms with Gasteiger partial charge in [0.15, 0.2) is 0 Å². The Hall–Kier alpha value is -1.44. The van der Waals surface area contributed by atoms with Gasteiger partial charge in [-0.1, -0.05) is 30.3 Å². The highest BCUT2D eigenvalue weighted by molar-refractivity contribution is 7.88. The zero-order chi connectivity index (χ0) is 16.3. The minimum absolute atomic E-state index is 0.0639. The van der Waals surface area contributed by atoms with E-state index in [9.17, 15) is 13.2 Å². The highest BCUT2D eigenvalue weighted by atomic mass is 32.2. The van der Waals surface area contributed by atoms with Crippen LogP contribution < -0.4 is 0 Å². The molecule has 1 fully saturated rings. The third-order valence-corrected chi connectivity index (χ3v) is 5.32. The van der Waals surface area contributed by atoms with E-state index in [2.05, 4.69) is 4.90 Å². The molecule has 0 spiro atoms. The SMILES string of the molecule is CC1CN(Cc2ccccc2)C(CC(=O)O)CN1S(C)(=O)=O. The Morgan fingerprint density at radius 1 is 1.27 bits per heavy atom. The number of rotatable bonds is 5. The van der Waals surface area contributed by atoms with Crippen LogP contribution in [0.3, 0.4) is 0 Å². The number of carbonyl (C=O) groups is 1. The van der Waals surface area contributed by atoms with E-state index in [1.54, 1.807) is 0 Å². The van der Waals surface area contributed by atoms with E-state index in [0.717, 1.165) is 5.56 Å². The fourth-order valence-corrected chi connectivity index (χ4v) is 4.11. The number of hydrogen-bond donors (Lipinski definition) is 1. The van der Waals surface area contributed by atoms with Crippen LogP contribution in [0.25, 0.3) is 0 Å². The summed E-state index contributed by atoms with van der Waals surface area (Å²) in [5, 5.41) is 9.11. The molecule has 1 aromatic rings. The lowest BCUT2D eigenvalue weighted by atomic mass is 10.1. The van der Waals surface area contributed by atoms with Gasteiger partial charge in [0.2, 0.25) is 10.0 Å². The highest BCUT2D eigenvalue weighted by Gasteiger charge is 2.36. The predicted octanol–water partition coefficient (Wildman–Crippen LogP) is 0.996. The van der Waals surface area contributed by atoms with Crippen molar-refractivity contribution in [1.29, 1.82) is 0 Å². The summed E-state index contributed by atoms with van der Waals surface area (Å²) >= 11 is 0. The van der Waals surface area contributed by atoms with Crippen LogP contribution in [-0.4, -0.2) is 60.1 Å². The van der Waals surface area contributed by atoms with Crippen molar-refractivity contribution in [3.63, 3.8) is 0 Å². The summed E-state index contributed by atoms with van der Waals surface area (Å²) in [5.41, 5.74) is 1.10. The largest absolute Gasteiger partial charge is 0.481 e. The lowest BCUT2D eigenvalue weighted by molar-refractivity contribution is -0.139. The van der Waals surface area contributed by atoms with Crippen LogP contribution in [0.5, 0.6) is 0 Å². The van der Waals surface area contributed by atoms with Gasteiger partial charge in [-0.2, -0.15) is 4.31 Å². The monoisotopic (exact) mass is 326 g/mol. The quantitative estimate of drug-likeness (QED) is 0.873. The maximum Gasteiger partial charge on any atom is 0.304 e. The van der Waals surface area contributed by atoms with Gasteiger partial charge in [0, 0.05) is 31.7 Å². The number of nitrogens with zero attached hydrogens (tertiary/aromatic N) is 2. The van der Waals surface area contributed by atoms with E-state index in [-0.39, 0.29) is 25.0 Å². The number of sulfonamides is 1. The molecule has 1 aliphatic heterocycles. The molecule has 0 aromatic heterocycles. The molecule has 0 aliphatic carbocycles. The lowest BCUT2D eigenvalue weighted by Gasteiger charge is -2.43. The molecule has 2 rings (SSSR count). The molecule has 1 saturated heterocycles. The third kappa shape index (κ3) is 4.28. The minimum atomic E-state index is -3.33. The van der Waals surface area contributed by atoms with E-state index in [0.29, 0.717) is 13.1 Å². The Kier molecular flexibility index (Phi) is 5.20. The summed E-state index contributed by atoms with van der Waals surface area (Å²) < 4.78 is 25.1. The average Bonchev–Trinajstić information content (AvgIpc) is 2.41. The first kappa shape index (κ1) is 16.9. The molecule has 7 heteroatoms. The summed E-state index contributed by atoms with van der Waals surface area (Å²) in [7, 11) is -3.33. The highest BCUT2D eigenvalue weighted by Crippen LogP contribution is 2.22. The first-order chi connectivity index (χ1) is 10.3. The molecule has 2 unspecified atom stereocenters. The summed E-state index contributed by atoms with van der Waals surface area (Å²) in [6.45, 7) is 3.23. The third-order valence-electron chi connectivity index (χ3n) is 3.96. The average molecular weight is 326 g/mol. The Morgan fingerprint density at radius 3 is 2.45 bits per heavy atom. The van der Waals surface area contributed by atoms with E-state index in [1.807, 2.05) is 37.3 Å². The van der Waals surface area contributed by atoms with E-state index < -0.39 is 16.0 Å². The van der Waals surface area contributed by atoms with Gasteiger partial charge in [-0.05, 0) is 12.5 Å². The zero-order valence-electron chi connectivity index (χ0n) is 12.8. The number of carboxylic acid groups (broad SMARTS) is 1. The second-order valence-electron chi connectivity index (χ2n) is 5.85. The second kappa shape index (κ2) is 6.76. The molecule has 0 amide bonds. The molecule has 0 saturated carbocycles. The van der Waals surface area contributed by atoms with Gasteiger partial charge >= 0.3 is 5.97 Å². The van der Waals surface area contributed by atoms with Crippen molar-refractivity contribution in [2.24, 2.45) is 0 Å². The summed E-state index contributed by atoms with van der Waals surface area (Å²) in [4.78, 5) is 13.2. The molecule has 1 heterocycles. The molecule has 0 bridgehead atoms. The number of benzene rings is 1. The zero-order valence-corrected chi connectivity index (χ0v) is 13.7. The van der Waals surface area contributed by atoms with Gasteiger partial charge < -0.3 is 5.11 Å². The topological polar surface area (TPSA) is 77.9 Å². The van der Waals surface area contributed by atoms with Crippen LogP contribution in [0.15, 0.2) is 30.3 Å². The molecular weight excluding hydrogens is 304 g/mol. The molecule has 6 nitrogen and oxygen atoms in total. The normalized spacial score (nSPS) is 24.3. The fourth-order valence-electron chi connectivity index (χ4n) is 2.95.